The van der Waals surface area contributed by atoms with E-state index in [9.17, 15) is 5.26 Å². The molecule has 27 heavy (non-hydrogen) atoms. The Morgan fingerprint density at radius 1 is 1.11 bits per heavy atom. The SMILES string of the molecule is COc1cc(-c2c(-c3cccc(C#N)c3)nn3ccc(N)nc23)cc(C)n1. The molecule has 132 valence electrons. The summed E-state index contributed by atoms with van der Waals surface area (Å²) < 4.78 is 7.01. The van der Waals surface area contributed by atoms with Crippen molar-refractivity contribution in [2.24, 2.45) is 0 Å². The number of hydrogen-bond acceptors (Lipinski definition) is 6. The molecule has 7 nitrogen and oxygen atoms in total. The zero-order valence-corrected chi connectivity index (χ0v) is 14.8. The van der Waals surface area contributed by atoms with Crippen molar-refractivity contribution in [1.82, 2.24) is 19.6 Å². The third kappa shape index (κ3) is 2.93. The molecule has 3 aromatic heterocycles. The van der Waals surface area contributed by atoms with Gasteiger partial charge in [0.15, 0.2) is 5.65 Å². The van der Waals surface area contributed by atoms with Crippen LogP contribution in [0.5, 0.6) is 5.88 Å². The lowest BCUT2D eigenvalue weighted by atomic mass is 10.00. The average Bonchev–Trinajstić information content (AvgIpc) is 3.06. The number of methoxy groups -OCH3 is 1. The molecule has 0 bridgehead atoms. The third-order valence-corrected chi connectivity index (χ3v) is 4.20. The van der Waals surface area contributed by atoms with Crippen molar-refractivity contribution in [3.8, 4) is 34.3 Å². The molecule has 0 saturated heterocycles. The highest BCUT2D eigenvalue weighted by atomic mass is 16.5. The van der Waals surface area contributed by atoms with Gasteiger partial charge in [0.25, 0.3) is 0 Å². The van der Waals surface area contributed by atoms with E-state index in [1.807, 2.05) is 31.2 Å². The van der Waals surface area contributed by atoms with E-state index < -0.39 is 0 Å². The zero-order valence-electron chi connectivity index (χ0n) is 14.8. The normalized spacial score (nSPS) is 10.7. The third-order valence-electron chi connectivity index (χ3n) is 4.20. The lowest BCUT2D eigenvalue weighted by Crippen LogP contribution is -1.96. The van der Waals surface area contributed by atoms with E-state index >= 15 is 0 Å². The fourth-order valence-electron chi connectivity index (χ4n) is 3.03. The van der Waals surface area contributed by atoms with Crippen molar-refractivity contribution in [1.29, 1.82) is 5.26 Å². The Balaban J connectivity index is 2.07. The molecule has 0 aliphatic rings. The molecule has 0 aliphatic heterocycles. The Kier molecular flexibility index (Phi) is 3.94. The molecular weight excluding hydrogens is 340 g/mol. The molecule has 0 spiro atoms. The van der Waals surface area contributed by atoms with E-state index in [2.05, 4.69) is 21.1 Å². The highest BCUT2D eigenvalue weighted by Gasteiger charge is 2.19. The number of nitrogens with zero attached hydrogens (tertiary/aromatic N) is 5. The van der Waals surface area contributed by atoms with Gasteiger partial charge in [0.1, 0.15) is 11.5 Å². The maximum atomic E-state index is 9.25. The molecule has 4 aromatic rings. The van der Waals surface area contributed by atoms with Crippen molar-refractivity contribution >= 4 is 11.5 Å². The van der Waals surface area contributed by atoms with Gasteiger partial charge >= 0.3 is 0 Å². The fourth-order valence-corrected chi connectivity index (χ4v) is 3.03. The number of anilines is 1. The number of hydrogen-bond donors (Lipinski definition) is 1. The van der Waals surface area contributed by atoms with Gasteiger partial charge in [0.05, 0.1) is 24.3 Å². The van der Waals surface area contributed by atoms with Crippen LogP contribution < -0.4 is 10.5 Å². The van der Waals surface area contributed by atoms with Gasteiger partial charge in [-0.3, -0.25) is 0 Å². The highest BCUT2D eigenvalue weighted by Crippen LogP contribution is 2.36. The molecule has 7 heteroatoms. The Bertz CT molecular complexity index is 1210. The van der Waals surface area contributed by atoms with Gasteiger partial charge in [-0.05, 0) is 36.8 Å². The van der Waals surface area contributed by atoms with E-state index in [1.165, 1.54) is 0 Å². The van der Waals surface area contributed by atoms with E-state index in [-0.39, 0.29) is 0 Å². The van der Waals surface area contributed by atoms with E-state index in [0.717, 1.165) is 22.4 Å². The van der Waals surface area contributed by atoms with Crippen LogP contribution in [0.4, 0.5) is 5.82 Å². The van der Waals surface area contributed by atoms with Gasteiger partial charge in [0.2, 0.25) is 5.88 Å². The predicted molar refractivity (Wildman–Crippen MR) is 102 cm³/mol. The molecule has 0 unspecified atom stereocenters. The van der Waals surface area contributed by atoms with Crippen LogP contribution in [0.2, 0.25) is 0 Å². The summed E-state index contributed by atoms with van der Waals surface area (Å²) in [5, 5.41) is 13.9. The molecule has 0 atom stereocenters. The van der Waals surface area contributed by atoms with Crippen LogP contribution in [-0.4, -0.2) is 26.7 Å². The zero-order chi connectivity index (χ0) is 19.0. The van der Waals surface area contributed by atoms with Crippen LogP contribution in [-0.2, 0) is 0 Å². The van der Waals surface area contributed by atoms with E-state index in [0.29, 0.717) is 28.6 Å². The first-order valence-electron chi connectivity index (χ1n) is 8.27. The minimum atomic E-state index is 0.402. The first-order chi connectivity index (χ1) is 13.1. The van der Waals surface area contributed by atoms with Crippen LogP contribution >= 0.6 is 0 Å². The van der Waals surface area contributed by atoms with Crippen LogP contribution in [0.25, 0.3) is 28.0 Å². The summed E-state index contributed by atoms with van der Waals surface area (Å²) in [6, 6.07) is 15.0. The van der Waals surface area contributed by atoms with Gasteiger partial charge < -0.3 is 10.5 Å². The van der Waals surface area contributed by atoms with E-state index in [4.69, 9.17) is 10.5 Å². The first-order valence-corrected chi connectivity index (χ1v) is 8.27. The number of aryl methyl sites for hydroxylation is 1. The maximum Gasteiger partial charge on any atom is 0.213 e. The van der Waals surface area contributed by atoms with Crippen molar-refractivity contribution in [3.05, 3.63) is 59.9 Å². The van der Waals surface area contributed by atoms with Gasteiger partial charge in [-0.25, -0.2) is 14.5 Å². The molecule has 3 heterocycles. The molecule has 2 N–H and O–H groups in total. The molecule has 0 amide bonds. The number of nitrogens with two attached hydrogens (primary N) is 1. The molecule has 1 aromatic carbocycles. The van der Waals surface area contributed by atoms with E-state index in [1.54, 1.807) is 36.0 Å². The van der Waals surface area contributed by atoms with Gasteiger partial charge in [-0.15, -0.1) is 0 Å². The smallest absolute Gasteiger partial charge is 0.213 e. The molecular formula is C20H16N6O. The molecule has 0 fully saturated rings. The molecule has 0 radical (unpaired) electrons. The Hall–Kier alpha value is -3.92. The van der Waals surface area contributed by atoms with Crippen molar-refractivity contribution < 1.29 is 4.74 Å². The monoisotopic (exact) mass is 356 g/mol. The summed E-state index contributed by atoms with van der Waals surface area (Å²) in [6.45, 7) is 1.90. The quantitative estimate of drug-likeness (QED) is 0.604. The Morgan fingerprint density at radius 2 is 1.96 bits per heavy atom. The second-order valence-corrected chi connectivity index (χ2v) is 6.08. The summed E-state index contributed by atoms with van der Waals surface area (Å²) >= 11 is 0. The number of benzene rings is 1. The number of rotatable bonds is 3. The number of fused-ring (bicyclic) bond motifs is 1. The highest BCUT2D eigenvalue weighted by molar-refractivity contribution is 5.91. The average molecular weight is 356 g/mol. The lowest BCUT2D eigenvalue weighted by molar-refractivity contribution is 0.397. The topological polar surface area (TPSA) is 102 Å². The largest absolute Gasteiger partial charge is 0.481 e. The van der Waals surface area contributed by atoms with Gasteiger partial charge in [-0.2, -0.15) is 10.4 Å². The Labute approximate surface area is 155 Å². The summed E-state index contributed by atoms with van der Waals surface area (Å²) in [4.78, 5) is 8.83. The molecule has 0 aliphatic carbocycles. The predicted octanol–water partition coefficient (Wildman–Crippen LogP) is 3.23. The van der Waals surface area contributed by atoms with Crippen molar-refractivity contribution in [2.75, 3.05) is 12.8 Å². The Morgan fingerprint density at radius 3 is 2.74 bits per heavy atom. The summed E-state index contributed by atoms with van der Waals surface area (Å²) in [5.74, 6) is 0.906. The summed E-state index contributed by atoms with van der Waals surface area (Å²) in [6.07, 6.45) is 1.77. The van der Waals surface area contributed by atoms with Crippen LogP contribution in [0, 0.1) is 18.3 Å². The minimum Gasteiger partial charge on any atom is -0.481 e. The number of nitriles is 1. The number of pyridine rings is 1. The second kappa shape index (κ2) is 6.42. The maximum absolute atomic E-state index is 9.25. The van der Waals surface area contributed by atoms with Crippen LogP contribution in [0.3, 0.4) is 0 Å². The fraction of sp³-hybridized carbons (Fsp3) is 0.100. The van der Waals surface area contributed by atoms with Crippen molar-refractivity contribution in [3.63, 3.8) is 0 Å². The summed E-state index contributed by atoms with van der Waals surface area (Å²) in [7, 11) is 1.58. The van der Waals surface area contributed by atoms with Gasteiger partial charge in [-0.1, -0.05) is 12.1 Å². The number of aromatic nitrogens is 4. The number of nitrogen functional groups attached to an aromatic ring is 1. The standard InChI is InChI=1S/C20H16N6O/c1-12-8-15(10-17(23-12)27-2)18-19(14-5-3-4-13(9-14)11-21)25-26-7-6-16(22)24-20(18)26/h3-10H,1-2H3,(H2,22,24). The lowest BCUT2D eigenvalue weighted by Gasteiger charge is -2.07. The minimum absolute atomic E-state index is 0.402. The van der Waals surface area contributed by atoms with Gasteiger partial charge in [0, 0.05) is 23.5 Å². The molecule has 0 saturated carbocycles. The summed E-state index contributed by atoms with van der Waals surface area (Å²) in [5.41, 5.74) is 11.1. The number of ether oxygens (including phenoxy) is 1. The first kappa shape index (κ1) is 16.5. The van der Waals surface area contributed by atoms with Crippen molar-refractivity contribution in [2.45, 2.75) is 6.92 Å². The van der Waals surface area contributed by atoms with Crippen LogP contribution in [0.15, 0.2) is 48.7 Å². The second-order valence-electron chi connectivity index (χ2n) is 6.08. The molecule has 4 rings (SSSR count). The van der Waals surface area contributed by atoms with Crippen LogP contribution in [0.1, 0.15) is 11.3 Å².